The van der Waals surface area contributed by atoms with E-state index in [9.17, 15) is 18.7 Å². The van der Waals surface area contributed by atoms with Crippen molar-refractivity contribution in [1.29, 1.82) is 0 Å². The molecular formula is C14H19F2NO3. The highest BCUT2D eigenvalue weighted by Gasteiger charge is 2.22. The van der Waals surface area contributed by atoms with Crippen LogP contribution in [0.25, 0.3) is 0 Å². The maximum Gasteiger partial charge on any atom is 0.340 e. The zero-order valence-corrected chi connectivity index (χ0v) is 11.8. The maximum absolute atomic E-state index is 13.7. The van der Waals surface area contributed by atoms with Crippen LogP contribution in [-0.4, -0.2) is 31.3 Å². The van der Waals surface area contributed by atoms with Gasteiger partial charge in [0.15, 0.2) is 0 Å². The molecule has 0 heterocycles. The molecule has 2 N–H and O–H groups in total. The number of hydrogen-bond donors (Lipinski definition) is 2. The monoisotopic (exact) mass is 287 g/mol. The smallest absolute Gasteiger partial charge is 0.340 e. The van der Waals surface area contributed by atoms with Gasteiger partial charge < -0.3 is 15.2 Å². The van der Waals surface area contributed by atoms with Crippen molar-refractivity contribution >= 4 is 11.7 Å². The number of ether oxygens (including phenoxy) is 1. The number of aliphatic hydroxyl groups is 1. The van der Waals surface area contributed by atoms with Crippen LogP contribution in [0.4, 0.5) is 14.5 Å². The van der Waals surface area contributed by atoms with Crippen LogP contribution >= 0.6 is 0 Å². The molecule has 0 saturated carbocycles. The Bertz CT molecular complexity index is 488. The fourth-order valence-electron chi connectivity index (χ4n) is 1.55. The summed E-state index contributed by atoms with van der Waals surface area (Å²) in [4.78, 5) is 11.4. The molecule has 112 valence electrons. The molecule has 0 bridgehead atoms. The molecule has 0 aliphatic rings. The molecule has 4 nitrogen and oxygen atoms in total. The first-order chi connectivity index (χ1) is 9.36. The molecule has 0 aliphatic carbocycles. The van der Waals surface area contributed by atoms with Crippen LogP contribution in [0, 0.1) is 17.0 Å². The van der Waals surface area contributed by atoms with Gasteiger partial charge in [0.1, 0.15) is 11.6 Å². The van der Waals surface area contributed by atoms with Gasteiger partial charge in [-0.3, -0.25) is 0 Å². The fraction of sp³-hybridized carbons (Fsp3) is 0.500. The Hall–Kier alpha value is -1.69. The minimum atomic E-state index is -0.972. The first kappa shape index (κ1) is 16.4. The lowest BCUT2D eigenvalue weighted by molar-refractivity contribution is 0.0595. The lowest BCUT2D eigenvalue weighted by Gasteiger charge is -2.26. The van der Waals surface area contributed by atoms with Crippen LogP contribution < -0.4 is 5.32 Å². The molecule has 1 rings (SSSR count). The molecular weight excluding hydrogens is 268 g/mol. The Morgan fingerprint density at radius 3 is 2.55 bits per heavy atom. The van der Waals surface area contributed by atoms with Gasteiger partial charge in [-0.1, -0.05) is 13.8 Å². The van der Waals surface area contributed by atoms with E-state index in [1.165, 1.54) is 0 Å². The average molecular weight is 287 g/mol. The molecule has 0 radical (unpaired) electrons. The maximum atomic E-state index is 13.7. The molecule has 0 aliphatic heterocycles. The van der Waals surface area contributed by atoms with Gasteiger partial charge in [0.25, 0.3) is 0 Å². The summed E-state index contributed by atoms with van der Waals surface area (Å²) < 4.78 is 31.6. The number of methoxy groups -OCH3 is 1. The molecule has 1 atom stereocenters. The number of carbonyl (C=O) groups is 1. The van der Waals surface area contributed by atoms with E-state index in [4.69, 9.17) is 0 Å². The lowest BCUT2D eigenvalue weighted by Crippen LogP contribution is -2.30. The Balaban J connectivity index is 2.98. The second-order valence-electron chi connectivity index (χ2n) is 4.98. The van der Waals surface area contributed by atoms with E-state index in [0.29, 0.717) is 19.0 Å². The van der Waals surface area contributed by atoms with Crippen molar-refractivity contribution in [3.63, 3.8) is 0 Å². The SMILES string of the molecule is CCC(C)(CO)CNc1cc(C(=O)OC)c(F)cc1F. The molecule has 0 spiro atoms. The van der Waals surface area contributed by atoms with Crippen molar-refractivity contribution in [2.75, 3.05) is 25.6 Å². The summed E-state index contributed by atoms with van der Waals surface area (Å²) in [6.45, 7) is 3.97. The molecule has 20 heavy (non-hydrogen) atoms. The van der Waals surface area contributed by atoms with Gasteiger partial charge in [-0.2, -0.15) is 0 Å². The van der Waals surface area contributed by atoms with Gasteiger partial charge in [-0.15, -0.1) is 0 Å². The minimum absolute atomic E-state index is 0.0000694. The third-order valence-electron chi connectivity index (χ3n) is 3.40. The molecule has 1 unspecified atom stereocenters. The number of rotatable bonds is 6. The molecule has 0 fully saturated rings. The fourth-order valence-corrected chi connectivity index (χ4v) is 1.55. The van der Waals surface area contributed by atoms with Crippen LogP contribution in [0.1, 0.15) is 30.6 Å². The number of aliphatic hydroxyl groups excluding tert-OH is 1. The molecule has 0 aromatic heterocycles. The van der Waals surface area contributed by atoms with Gasteiger partial charge in [-0.25, -0.2) is 13.6 Å². The van der Waals surface area contributed by atoms with Crippen molar-refractivity contribution in [3.05, 3.63) is 29.3 Å². The molecule has 0 saturated heterocycles. The highest BCUT2D eigenvalue weighted by atomic mass is 19.1. The summed E-state index contributed by atoms with van der Waals surface area (Å²) >= 11 is 0. The van der Waals surface area contributed by atoms with E-state index in [0.717, 1.165) is 13.2 Å². The predicted octanol–water partition coefficient (Wildman–Crippen LogP) is 2.57. The number of anilines is 1. The average Bonchev–Trinajstić information content (AvgIpc) is 2.45. The minimum Gasteiger partial charge on any atom is -0.465 e. The van der Waals surface area contributed by atoms with Crippen LogP contribution in [0.5, 0.6) is 0 Å². The molecule has 6 heteroatoms. The van der Waals surface area contributed by atoms with Crippen molar-refractivity contribution in [2.45, 2.75) is 20.3 Å². The largest absolute Gasteiger partial charge is 0.465 e. The highest BCUT2D eigenvalue weighted by Crippen LogP contribution is 2.24. The van der Waals surface area contributed by atoms with E-state index < -0.39 is 23.0 Å². The summed E-state index contributed by atoms with van der Waals surface area (Å²) in [5, 5.41) is 12.1. The molecule has 0 amide bonds. The first-order valence-corrected chi connectivity index (χ1v) is 6.29. The third-order valence-corrected chi connectivity index (χ3v) is 3.40. The van der Waals surface area contributed by atoms with Crippen molar-refractivity contribution in [1.82, 2.24) is 0 Å². The van der Waals surface area contributed by atoms with Crippen LogP contribution in [0.15, 0.2) is 12.1 Å². The van der Waals surface area contributed by atoms with Crippen molar-refractivity contribution in [2.24, 2.45) is 5.41 Å². The van der Waals surface area contributed by atoms with Crippen LogP contribution in [0.2, 0.25) is 0 Å². The summed E-state index contributed by atoms with van der Waals surface area (Å²) in [5.74, 6) is -2.64. The zero-order valence-electron chi connectivity index (χ0n) is 11.8. The summed E-state index contributed by atoms with van der Waals surface area (Å²) in [6.07, 6.45) is 0.684. The lowest BCUT2D eigenvalue weighted by atomic mass is 9.88. The van der Waals surface area contributed by atoms with E-state index in [1.807, 2.05) is 13.8 Å². The van der Waals surface area contributed by atoms with Crippen molar-refractivity contribution < 1.29 is 23.4 Å². The highest BCUT2D eigenvalue weighted by molar-refractivity contribution is 5.90. The molecule has 1 aromatic carbocycles. The number of halogens is 2. The van der Waals surface area contributed by atoms with Gasteiger partial charge >= 0.3 is 5.97 Å². The van der Waals surface area contributed by atoms with E-state index in [-0.39, 0.29) is 17.9 Å². The van der Waals surface area contributed by atoms with Gasteiger partial charge in [0, 0.05) is 18.0 Å². The zero-order chi connectivity index (χ0) is 15.3. The van der Waals surface area contributed by atoms with Crippen LogP contribution in [0.3, 0.4) is 0 Å². The topological polar surface area (TPSA) is 58.6 Å². The summed E-state index contributed by atoms with van der Waals surface area (Å²) in [6, 6.07) is 1.71. The number of hydrogen-bond acceptors (Lipinski definition) is 4. The van der Waals surface area contributed by atoms with Crippen LogP contribution in [-0.2, 0) is 4.74 Å². The van der Waals surface area contributed by atoms with Gasteiger partial charge in [-0.05, 0) is 12.5 Å². The first-order valence-electron chi connectivity index (χ1n) is 6.29. The van der Waals surface area contributed by atoms with Gasteiger partial charge in [0.2, 0.25) is 0 Å². The number of nitrogens with one attached hydrogen (secondary N) is 1. The third kappa shape index (κ3) is 3.66. The van der Waals surface area contributed by atoms with Crippen molar-refractivity contribution in [3.8, 4) is 0 Å². The second kappa shape index (κ2) is 6.65. The normalized spacial score (nSPS) is 13.7. The summed E-state index contributed by atoms with van der Waals surface area (Å²) in [7, 11) is 1.12. The van der Waals surface area contributed by atoms with E-state index in [2.05, 4.69) is 10.1 Å². The second-order valence-corrected chi connectivity index (χ2v) is 4.98. The van der Waals surface area contributed by atoms with E-state index in [1.54, 1.807) is 0 Å². The number of esters is 1. The Morgan fingerprint density at radius 2 is 2.05 bits per heavy atom. The Kier molecular flexibility index (Phi) is 5.44. The molecule has 1 aromatic rings. The van der Waals surface area contributed by atoms with Gasteiger partial charge in [0.05, 0.1) is 25.0 Å². The quantitative estimate of drug-likeness (QED) is 0.790. The summed E-state index contributed by atoms with van der Waals surface area (Å²) in [5.41, 5.74) is -0.759. The Morgan fingerprint density at radius 1 is 1.40 bits per heavy atom. The number of carbonyl (C=O) groups excluding carboxylic acids is 1. The Labute approximate surface area is 116 Å². The standard InChI is InChI=1S/C14H19F2NO3/c1-4-14(2,8-18)7-17-12-5-9(13(19)20-3)10(15)6-11(12)16/h5-6,17-18H,4,7-8H2,1-3H3. The number of benzene rings is 1. The van der Waals surface area contributed by atoms with E-state index >= 15 is 0 Å². The predicted molar refractivity (Wildman–Crippen MR) is 71.7 cm³/mol.